The van der Waals surface area contributed by atoms with Crippen LogP contribution in [0.5, 0.6) is 11.5 Å². The minimum absolute atomic E-state index is 0.390. The summed E-state index contributed by atoms with van der Waals surface area (Å²) in [5.41, 5.74) is 8.97. The average molecular weight is 283 g/mol. The van der Waals surface area contributed by atoms with Crippen molar-refractivity contribution >= 4 is 5.91 Å². The molecule has 3 nitrogen and oxygen atoms in total. The van der Waals surface area contributed by atoms with Crippen molar-refractivity contribution in [2.45, 2.75) is 33.6 Å². The molecule has 0 aromatic heterocycles. The fourth-order valence-corrected chi connectivity index (χ4v) is 2.52. The second-order valence-electron chi connectivity index (χ2n) is 5.20. The number of carbonyl (C=O) groups is 1. The highest BCUT2D eigenvalue weighted by Gasteiger charge is 2.17. The van der Waals surface area contributed by atoms with Crippen molar-refractivity contribution in [2.75, 3.05) is 0 Å². The maximum atomic E-state index is 11.6. The van der Waals surface area contributed by atoms with Crippen LogP contribution in [0.4, 0.5) is 0 Å². The van der Waals surface area contributed by atoms with Gasteiger partial charge in [-0.3, -0.25) is 4.79 Å². The molecule has 0 heterocycles. The van der Waals surface area contributed by atoms with Gasteiger partial charge in [0.1, 0.15) is 11.5 Å². The lowest BCUT2D eigenvalue weighted by atomic mass is 9.94. The molecule has 110 valence electrons. The molecule has 2 aromatic rings. The Hall–Kier alpha value is -2.29. The Kier molecular flexibility index (Phi) is 4.63. The van der Waals surface area contributed by atoms with Crippen molar-refractivity contribution in [3.8, 4) is 11.5 Å². The van der Waals surface area contributed by atoms with Crippen LogP contribution in [-0.2, 0) is 6.42 Å². The molecule has 0 bridgehead atoms. The Morgan fingerprint density at radius 3 is 2.43 bits per heavy atom. The quantitative estimate of drug-likeness (QED) is 0.896. The van der Waals surface area contributed by atoms with E-state index in [4.69, 9.17) is 10.5 Å². The van der Waals surface area contributed by atoms with Crippen LogP contribution < -0.4 is 10.5 Å². The topological polar surface area (TPSA) is 52.3 Å². The molecule has 1 amide bonds. The number of benzene rings is 2. The van der Waals surface area contributed by atoms with Gasteiger partial charge in [-0.25, -0.2) is 0 Å². The van der Waals surface area contributed by atoms with E-state index in [0.29, 0.717) is 5.56 Å². The number of nitrogens with two attached hydrogens (primary N) is 1. The van der Waals surface area contributed by atoms with Gasteiger partial charge >= 0.3 is 0 Å². The van der Waals surface area contributed by atoms with Crippen LogP contribution in [-0.4, -0.2) is 5.91 Å². The predicted octanol–water partition coefficient (Wildman–Crippen LogP) is 4.15. The van der Waals surface area contributed by atoms with Crippen LogP contribution in [0.2, 0.25) is 0 Å². The van der Waals surface area contributed by atoms with Gasteiger partial charge in [0.05, 0.1) is 0 Å². The Balaban J connectivity index is 2.54. The molecule has 3 heteroatoms. The SMILES string of the molecule is CCCc1c(C)c(C(N)=O)cc(C)c1Oc1ccccc1. The van der Waals surface area contributed by atoms with Crippen LogP contribution in [0.15, 0.2) is 36.4 Å². The lowest BCUT2D eigenvalue weighted by molar-refractivity contribution is 0.0999. The molecule has 21 heavy (non-hydrogen) atoms. The van der Waals surface area contributed by atoms with E-state index in [1.165, 1.54) is 0 Å². The van der Waals surface area contributed by atoms with E-state index >= 15 is 0 Å². The van der Waals surface area contributed by atoms with Crippen molar-refractivity contribution in [2.24, 2.45) is 5.73 Å². The summed E-state index contributed by atoms with van der Waals surface area (Å²) < 4.78 is 6.06. The molecule has 0 aliphatic heterocycles. The van der Waals surface area contributed by atoms with Crippen molar-refractivity contribution in [3.05, 3.63) is 58.7 Å². The van der Waals surface area contributed by atoms with E-state index in [0.717, 1.165) is 41.0 Å². The molecule has 0 atom stereocenters. The highest BCUT2D eigenvalue weighted by Crippen LogP contribution is 2.34. The first kappa shape index (κ1) is 15.1. The number of rotatable bonds is 5. The summed E-state index contributed by atoms with van der Waals surface area (Å²) in [7, 11) is 0. The molecular formula is C18H21NO2. The number of ether oxygens (including phenoxy) is 1. The van der Waals surface area contributed by atoms with Gasteiger partial charge in [-0.05, 0) is 55.2 Å². The van der Waals surface area contributed by atoms with Gasteiger partial charge in [-0.2, -0.15) is 0 Å². The number of hydrogen-bond acceptors (Lipinski definition) is 2. The number of para-hydroxylation sites is 1. The maximum absolute atomic E-state index is 11.6. The second kappa shape index (κ2) is 6.44. The highest BCUT2D eigenvalue weighted by molar-refractivity contribution is 5.95. The second-order valence-corrected chi connectivity index (χ2v) is 5.20. The normalized spacial score (nSPS) is 10.4. The fraction of sp³-hybridized carbons (Fsp3) is 0.278. The first-order chi connectivity index (χ1) is 10.0. The maximum Gasteiger partial charge on any atom is 0.248 e. The van der Waals surface area contributed by atoms with Crippen LogP contribution in [0, 0.1) is 13.8 Å². The molecule has 0 radical (unpaired) electrons. The van der Waals surface area contributed by atoms with Gasteiger partial charge in [0.25, 0.3) is 0 Å². The molecule has 0 fully saturated rings. The minimum atomic E-state index is -0.390. The Morgan fingerprint density at radius 2 is 1.86 bits per heavy atom. The van der Waals surface area contributed by atoms with E-state index in [2.05, 4.69) is 6.92 Å². The zero-order valence-electron chi connectivity index (χ0n) is 12.8. The molecule has 2 aromatic carbocycles. The van der Waals surface area contributed by atoms with Gasteiger partial charge in [-0.1, -0.05) is 31.5 Å². The van der Waals surface area contributed by atoms with Gasteiger partial charge < -0.3 is 10.5 Å². The number of aryl methyl sites for hydroxylation is 1. The van der Waals surface area contributed by atoms with Crippen molar-refractivity contribution in [3.63, 3.8) is 0 Å². The standard InChI is InChI=1S/C18H21NO2/c1-4-8-15-13(3)16(18(19)20)11-12(2)17(15)21-14-9-6-5-7-10-14/h5-7,9-11H,4,8H2,1-3H3,(H2,19,20). The summed E-state index contributed by atoms with van der Waals surface area (Å²) in [5.74, 6) is 1.24. The summed E-state index contributed by atoms with van der Waals surface area (Å²) >= 11 is 0. The van der Waals surface area contributed by atoms with Crippen molar-refractivity contribution < 1.29 is 9.53 Å². The summed E-state index contributed by atoms with van der Waals surface area (Å²) in [4.78, 5) is 11.6. The first-order valence-electron chi connectivity index (χ1n) is 7.20. The average Bonchev–Trinajstić information content (AvgIpc) is 2.47. The minimum Gasteiger partial charge on any atom is -0.457 e. The number of hydrogen-bond donors (Lipinski definition) is 1. The third kappa shape index (κ3) is 3.24. The van der Waals surface area contributed by atoms with Crippen molar-refractivity contribution in [1.29, 1.82) is 0 Å². The van der Waals surface area contributed by atoms with E-state index in [1.54, 1.807) is 0 Å². The zero-order valence-corrected chi connectivity index (χ0v) is 12.8. The van der Waals surface area contributed by atoms with E-state index in [9.17, 15) is 4.79 Å². The highest BCUT2D eigenvalue weighted by atomic mass is 16.5. The molecule has 2 N–H and O–H groups in total. The number of amides is 1. The molecule has 0 spiro atoms. The lowest BCUT2D eigenvalue weighted by Gasteiger charge is -2.18. The summed E-state index contributed by atoms with van der Waals surface area (Å²) in [6.07, 6.45) is 1.84. The number of carbonyl (C=O) groups excluding carboxylic acids is 1. The van der Waals surface area contributed by atoms with E-state index in [1.807, 2.05) is 50.2 Å². The third-order valence-electron chi connectivity index (χ3n) is 3.58. The third-order valence-corrected chi connectivity index (χ3v) is 3.58. The van der Waals surface area contributed by atoms with Crippen LogP contribution in [0.25, 0.3) is 0 Å². The van der Waals surface area contributed by atoms with Gasteiger partial charge in [-0.15, -0.1) is 0 Å². The Labute approximate surface area is 125 Å². The molecule has 0 aliphatic carbocycles. The van der Waals surface area contributed by atoms with Crippen LogP contribution >= 0.6 is 0 Å². The molecular weight excluding hydrogens is 262 g/mol. The molecule has 2 rings (SSSR count). The number of primary amides is 1. The van der Waals surface area contributed by atoms with Gasteiger partial charge in [0, 0.05) is 5.56 Å². The Morgan fingerprint density at radius 1 is 1.19 bits per heavy atom. The molecule has 0 aliphatic rings. The lowest BCUT2D eigenvalue weighted by Crippen LogP contribution is -2.15. The summed E-state index contributed by atoms with van der Waals surface area (Å²) in [5, 5.41) is 0. The first-order valence-corrected chi connectivity index (χ1v) is 7.20. The van der Waals surface area contributed by atoms with Gasteiger partial charge in [0.15, 0.2) is 0 Å². The van der Waals surface area contributed by atoms with Crippen LogP contribution in [0.3, 0.4) is 0 Å². The van der Waals surface area contributed by atoms with Gasteiger partial charge in [0.2, 0.25) is 5.91 Å². The van der Waals surface area contributed by atoms with E-state index in [-0.39, 0.29) is 5.91 Å². The Bertz CT molecular complexity index is 648. The van der Waals surface area contributed by atoms with Crippen LogP contribution in [0.1, 0.15) is 40.4 Å². The smallest absolute Gasteiger partial charge is 0.248 e. The van der Waals surface area contributed by atoms with E-state index < -0.39 is 0 Å². The molecule has 0 unspecified atom stereocenters. The fourth-order valence-electron chi connectivity index (χ4n) is 2.52. The largest absolute Gasteiger partial charge is 0.457 e. The summed E-state index contributed by atoms with van der Waals surface area (Å²) in [6, 6.07) is 11.5. The predicted molar refractivity (Wildman–Crippen MR) is 84.9 cm³/mol. The summed E-state index contributed by atoms with van der Waals surface area (Å²) in [6.45, 7) is 5.99. The van der Waals surface area contributed by atoms with Crippen molar-refractivity contribution in [1.82, 2.24) is 0 Å². The molecule has 0 saturated carbocycles. The monoisotopic (exact) mass is 283 g/mol. The molecule has 0 saturated heterocycles. The zero-order chi connectivity index (χ0) is 15.4.